The van der Waals surface area contributed by atoms with E-state index in [9.17, 15) is 4.79 Å². The Bertz CT molecular complexity index is 1450. The molecule has 4 N–H and O–H groups in total. The number of carbonyl (C=O) groups excluding carboxylic acids is 1. The fraction of sp³-hybridized carbons (Fsp3) is 0.250. The van der Waals surface area contributed by atoms with Crippen molar-refractivity contribution in [1.82, 2.24) is 25.5 Å². The van der Waals surface area contributed by atoms with Gasteiger partial charge in [-0.15, -0.1) is 0 Å². The van der Waals surface area contributed by atoms with Crippen molar-refractivity contribution >= 4 is 45.8 Å². The Labute approximate surface area is 215 Å². The molecule has 4 heterocycles. The number of nitrogens with one attached hydrogen (secondary N) is 2. The Hall–Kier alpha value is -3.47. The van der Waals surface area contributed by atoms with E-state index in [1.807, 2.05) is 13.0 Å². The van der Waals surface area contributed by atoms with Crippen LogP contribution in [0.1, 0.15) is 18.6 Å². The van der Waals surface area contributed by atoms with Gasteiger partial charge in [0.2, 0.25) is 5.91 Å². The maximum atomic E-state index is 15.0. The van der Waals surface area contributed by atoms with Crippen molar-refractivity contribution in [2.75, 3.05) is 25.0 Å². The number of nitrogens with zero attached hydrogens (tertiary/aromatic N) is 4. The molecule has 0 aliphatic carbocycles. The molecule has 1 aromatic carbocycles. The van der Waals surface area contributed by atoms with E-state index in [0.29, 0.717) is 32.6 Å². The van der Waals surface area contributed by atoms with Gasteiger partial charge in [-0.25, -0.2) is 9.37 Å². The average Bonchev–Trinajstić information content (AvgIpc) is 3.25. The quantitative estimate of drug-likeness (QED) is 0.346. The molecule has 36 heavy (non-hydrogen) atoms. The largest absolute Gasteiger partial charge is 0.486 e. The van der Waals surface area contributed by atoms with Crippen LogP contribution in [0.15, 0.2) is 42.9 Å². The molecule has 0 saturated carbocycles. The molecule has 5 rings (SSSR count). The second kappa shape index (κ2) is 9.20. The third kappa shape index (κ3) is 4.21. The van der Waals surface area contributed by atoms with Crippen molar-refractivity contribution in [2.24, 2.45) is 5.73 Å². The minimum Gasteiger partial charge on any atom is -0.486 e. The van der Waals surface area contributed by atoms with E-state index in [2.05, 4.69) is 25.5 Å². The summed E-state index contributed by atoms with van der Waals surface area (Å²) < 4.78 is 21.1. The van der Waals surface area contributed by atoms with Gasteiger partial charge in [-0.3, -0.25) is 14.9 Å². The molecule has 0 unspecified atom stereocenters. The fourth-order valence-electron chi connectivity index (χ4n) is 4.33. The normalized spacial score (nSPS) is 15.4. The Morgan fingerprint density at radius 1 is 1.25 bits per heavy atom. The van der Waals surface area contributed by atoms with Crippen LogP contribution in [0.5, 0.6) is 5.75 Å². The number of nitrogens with two attached hydrogens (primary N) is 1. The standard InChI is InChI=1S/C24H22Cl2FN7O2/c1-12(20-16(25)8-30-9-17(20)26)36-14-3-4-19-15(6-14)21(33-32-19)13-5-18(27)22(31-7-13)34-10-24(28,11-34)23(35)29-2/h3-9,12H,10-11,28H2,1-2H3,(H,29,35)(H,32,33)/t12-/m1/s1. The van der Waals surface area contributed by atoms with Gasteiger partial charge in [0, 0.05) is 55.2 Å². The highest BCUT2D eigenvalue weighted by Gasteiger charge is 2.46. The number of likely N-dealkylation sites (N-methyl/N-ethyl adjacent to an activating group) is 1. The zero-order valence-corrected chi connectivity index (χ0v) is 20.9. The molecule has 3 aromatic heterocycles. The number of fused-ring (bicyclic) bond motifs is 1. The highest BCUT2D eigenvalue weighted by Crippen LogP contribution is 2.36. The van der Waals surface area contributed by atoms with Crippen molar-refractivity contribution in [3.05, 3.63) is 64.3 Å². The summed E-state index contributed by atoms with van der Waals surface area (Å²) in [6.07, 6.45) is 4.12. The van der Waals surface area contributed by atoms with Crippen LogP contribution in [-0.4, -0.2) is 51.7 Å². The molecule has 1 atom stereocenters. The summed E-state index contributed by atoms with van der Waals surface area (Å²) in [5.74, 6) is -0.140. The molecular formula is C24H22Cl2FN7O2. The van der Waals surface area contributed by atoms with Crippen molar-refractivity contribution in [3.8, 4) is 17.0 Å². The van der Waals surface area contributed by atoms with Crippen molar-refractivity contribution in [2.45, 2.75) is 18.6 Å². The zero-order chi connectivity index (χ0) is 25.6. The number of carbonyl (C=O) groups is 1. The SMILES string of the molecule is CNC(=O)C1(N)CN(c2ncc(-c3n[nH]c4ccc(O[C@H](C)c5c(Cl)cncc5Cl)cc34)cc2F)C1. The molecule has 1 fully saturated rings. The number of aromatic nitrogens is 4. The Balaban J connectivity index is 1.40. The first kappa shape index (κ1) is 24.2. The molecular weight excluding hydrogens is 508 g/mol. The number of aromatic amines is 1. The summed E-state index contributed by atoms with van der Waals surface area (Å²) in [5.41, 5.74) is 7.38. The topological polar surface area (TPSA) is 122 Å². The lowest BCUT2D eigenvalue weighted by Crippen LogP contribution is -2.74. The third-order valence-corrected chi connectivity index (χ3v) is 6.77. The summed E-state index contributed by atoms with van der Waals surface area (Å²) >= 11 is 12.5. The van der Waals surface area contributed by atoms with Crippen molar-refractivity contribution < 1.29 is 13.9 Å². The lowest BCUT2D eigenvalue weighted by atomic mass is 9.90. The number of pyridine rings is 2. The number of rotatable bonds is 6. The number of anilines is 1. The monoisotopic (exact) mass is 529 g/mol. The molecule has 1 amide bonds. The number of amides is 1. The second-order valence-corrected chi connectivity index (χ2v) is 9.49. The second-order valence-electron chi connectivity index (χ2n) is 8.68. The number of ether oxygens (including phenoxy) is 1. The Morgan fingerprint density at radius 3 is 2.64 bits per heavy atom. The summed E-state index contributed by atoms with van der Waals surface area (Å²) in [4.78, 5) is 21.8. The number of benzene rings is 1. The van der Waals surface area contributed by atoms with Gasteiger partial charge >= 0.3 is 0 Å². The number of halogens is 3. The van der Waals surface area contributed by atoms with E-state index in [-0.39, 0.29) is 24.8 Å². The summed E-state index contributed by atoms with van der Waals surface area (Å²) in [5, 5.41) is 11.4. The van der Waals surface area contributed by atoms with Gasteiger partial charge in [0.15, 0.2) is 11.6 Å². The van der Waals surface area contributed by atoms with Gasteiger partial charge in [0.25, 0.3) is 0 Å². The van der Waals surface area contributed by atoms with Crippen molar-refractivity contribution in [3.63, 3.8) is 0 Å². The molecule has 1 aliphatic rings. The van der Waals surface area contributed by atoms with E-state index in [1.54, 1.807) is 17.0 Å². The van der Waals surface area contributed by atoms with E-state index < -0.39 is 17.5 Å². The van der Waals surface area contributed by atoms with Gasteiger partial charge in [-0.1, -0.05) is 23.2 Å². The molecule has 1 aliphatic heterocycles. The predicted molar refractivity (Wildman–Crippen MR) is 136 cm³/mol. The smallest absolute Gasteiger partial charge is 0.243 e. The van der Waals surface area contributed by atoms with Crippen LogP contribution >= 0.6 is 23.2 Å². The molecule has 4 aromatic rings. The summed E-state index contributed by atoms with van der Waals surface area (Å²) in [6, 6.07) is 6.78. The molecule has 0 spiro atoms. The van der Waals surface area contributed by atoms with Gasteiger partial charge < -0.3 is 20.7 Å². The van der Waals surface area contributed by atoms with Gasteiger partial charge in [0.05, 0.1) is 15.6 Å². The average molecular weight is 530 g/mol. The Kier molecular flexibility index (Phi) is 6.19. The van der Waals surface area contributed by atoms with Crippen LogP contribution in [0.2, 0.25) is 10.0 Å². The molecule has 186 valence electrons. The van der Waals surface area contributed by atoms with Gasteiger partial charge in [-0.2, -0.15) is 5.10 Å². The molecule has 9 nitrogen and oxygen atoms in total. The zero-order valence-electron chi connectivity index (χ0n) is 19.3. The van der Waals surface area contributed by atoms with Crippen LogP contribution in [0.3, 0.4) is 0 Å². The maximum absolute atomic E-state index is 15.0. The highest BCUT2D eigenvalue weighted by atomic mass is 35.5. The van der Waals surface area contributed by atoms with Gasteiger partial charge in [0.1, 0.15) is 23.1 Å². The van der Waals surface area contributed by atoms with E-state index in [4.69, 9.17) is 33.7 Å². The first-order chi connectivity index (χ1) is 17.2. The first-order valence-electron chi connectivity index (χ1n) is 11.1. The highest BCUT2D eigenvalue weighted by molar-refractivity contribution is 6.35. The lowest BCUT2D eigenvalue weighted by Gasteiger charge is -2.46. The van der Waals surface area contributed by atoms with Crippen LogP contribution in [0.4, 0.5) is 10.2 Å². The summed E-state index contributed by atoms with van der Waals surface area (Å²) in [7, 11) is 1.52. The Morgan fingerprint density at radius 2 is 1.97 bits per heavy atom. The number of hydrogen-bond donors (Lipinski definition) is 3. The maximum Gasteiger partial charge on any atom is 0.243 e. The van der Waals surface area contributed by atoms with Crippen LogP contribution in [-0.2, 0) is 4.79 Å². The first-order valence-corrected chi connectivity index (χ1v) is 11.8. The fourth-order valence-corrected chi connectivity index (χ4v) is 5.00. The lowest BCUT2D eigenvalue weighted by molar-refractivity contribution is -0.126. The molecule has 12 heteroatoms. The number of hydrogen-bond acceptors (Lipinski definition) is 7. The molecule has 1 saturated heterocycles. The van der Waals surface area contributed by atoms with E-state index >= 15 is 4.39 Å². The predicted octanol–water partition coefficient (Wildman–Crippen LogP) is 3.87. The summed E-state index contributed by atoms with van der Waals surface area (Å²) in [6.45, 7) is 2.18. The van der Waals surface area contributed by atoms with Gasteiger partial charge in [-0.05, 0) is 31.2 Å². The third-order valence-electron chi connectivity index (χ3n) is 6.16. The van der Waals surface area contributed by atoms with Crippen molar-refractivity contribution in [1.29, 1.82) is 0 Å². The van der Waals surface area contributed by atoms with E-state index in [1.165, 1.54) is 31.7 Å². The van der Waals surface area contributed by atoms with Crippen LogP contribution in [0.25, 0.3) is 22.2 Å². The van der Waals surface area contributed by atoms with Crippen LogP contribution in [0, 0.1) is 5.82 Å². The van der Waals surface area contributed by atoms with E-state index in [0.717, 1.165) is 10.9 Å². The molecule has 0 radical (unpaired) electrons. The minimum absolute atomic E-state index is 0.132. The molecule has 0 bridgehead atoms. The number of H-pyrrole nitrogens is 1. The minimum atomic E-state index is -1.06. The van der Waals surface area contributed by atoms with Crippen LogP contribution < -0.4 is 20.7 Å².